The largest absolute Gasteiger partial charge is 0.493 e. The molecule has 6 heteroatoms. The highest BCUT2D eigenvalue weighted by Crippen LogP contribution is 2.30. The Labute approximate surface area is 182 Å². The summed E-state index contributed by atoms with van der Waals surface area (Å²) >= 11 is 0. The average Bonchev–Trinajstić information content (AvgIpc) is 2.82. The third-order valence-corrected chi connectivity index (χ3v) is 6.53. The first-order chi connectivity index (χ1) is 15.2. The third kappa shape index (κ3) is 4.15. The van der Waals surface area contributed by atoms with Gasteiger partial charge < -0.3 is 19.6 Å². The normalized spacial score (nSPS) is 16.9. The number of piperidine rings is 1. The summed E-state index contributed by atoms with van der Waals surface area (Å²) in [5.74, 6) is 1.37. The lowest BCUT2D eigenvalue weighted by Gasteiger charge is -2.34. The summed E-state index contributed by atoms with van der Waals surface area (Å²) in [4.78, 5) is 19.7. The number of carbonyl (C=O) groups is 1. The molecule has 3 aromatic rings. The molecular weight excluding hydrogens is 390 g/mol. The van der Waals surface area contributed by atoms with Gasteiger partial charge in [0.05, 0.1) is 12.1 Å². The minimum atomic E-state index is -0.856. The number of fused-ring (bicyclic) bond motifs is 2. The van der Waals surface area contributed by atoms with Crippen LogP contribution in [0.5, 0.6) is 5.75 Å². The molecule has 1 saturated heterocycles. The van der Waals surface area contributed by atoms with Crippen molar-refractivity contribution in [3.63, 3.8) is 0 Å². The molecule has 0 aliphatic carbocycles. The van der Waals surface area contributed by atoms with Gasteiger partial charge in [0.15, 0.2) is 0 Å². The van der Waals surface area contributed by atoms with Gasteiger partial charge in [0.25, 0.3) is 0 Å². The van der Waals surface area contributed by atoms with Crippen molar-refractivity contribution in [2.75, 3.05) is 31.1 Å². The number of amides is 1. The van der Waals surface area contributed by atoms with Crippen molar-refractivity contribution in [3.05, 3.63) is 65.9 Å². The van der Waals surface area contributed by atoms with E-state index >= 15 is 0 Å². The van der Waals surface area contributed by atoms with Crippen LogP contribution in [0.2, 0.25) is 0 Å². The Bertz CT molecular complexity index is 1090. The maximum Gasteiger partial charge on any atom is 0.407 e. The van der Waals surface area contributed by atoms with Gasteiger partial charge in [-0.1, -0.05) is 24.3 Å². The number of rotatable bonds is 4. The first-order valence-corrected chi connectivity index (χ1v) is 11.0. The number of para-hydroxylation sites is 1. The summed E-state index contributed by atoms with van der Waals surface area (Å²) in [5, 5.41) is 10.5. The third-order valence-electron chi connectivity index (χ3n) is 6.53. The monoisotopic (exact) mass is 417 g/mol. The highest BCUT2D eigenvalue weighted by Gasteiger charge is 2.23. The number of anilines is 1. The maximum absolute atomic E-state index is 11.3. The van der Waals surface area contributed by atoms with Crippen molar-refractivity contribution in [2.24, 2.45) is 5.92 Å². The standard InChI is InChI=1S/C25H27N3O3/c29-25(30)28-14-10-19-5-6-21(15-20(19)16-28)31-17-18-8-12-27(13-9-18)24-7-11-26-23-4-2-1-3-22(23)24/h1-7,11,15,18H,8-10,12-14,16-17H2,(H,29,30). The number of nitrogens with zero attached hydrogens (tertiary/aromatic N) is 3. The molecule has 3 heterocycles. The fourth-order valence-electron chi connectivity index (χ4n) is 4.70. The summed E-state index contributed by atoms with van der Waals surface area (Å²) in [6, 6.07) is 16.6. The van der Waals surface area contributed by atoms with Crippen LogP contribution in [0.4, 0.5) is 10.5 Å². The van der Waals surface area contributed by atoms with Gasteiger partial charge in [-0.15, -0.1) is 0 Å². The Balaban J connectivity index is 1.18. The number of pyridine rings is 1. The zero-order valence-corrected chi connectivity index (χ0v) is 17.5. The van der Waals surface area contributed by atoms with Crippen molar-refractivity contribution in [2.45, 2.75) is 25.8 Å². The van der Waals surface area contributed by atoms with Crippen molar-refractivity contribution < 1.29 is 14.6 Å². The number of ether oxygens (including phenoxy) is 1. The first-order valence-electron chi connectivity index (χ1n) is 11.0. The van der Waals surface area contributed by atoms with E-state index < -0.39 is 6.09 Å². The molecule has 1 amide bonds. The van der Waals surface area contributed by atoms with Gasteiger partial charge in [-0.2, -0.15) is 0 Å². The Morgan fingerprint density at radius 2 is 1.90 bits per heavy atom. The molecule has 0 bridgehead atoms. The molecule has 1 N–H and O–H groups in total. The van der Waals surface area contributed by atoms with E-state index in [1.807, 2.05) is 24.4 Å². The van der Waals surface area contributed by atoms with Crippen LogP contribution in [0.3, 0.4) is 0 Å². The fourth-order valence-corrected chi connectivity index (χ4v) is 4.70. The predicted molar refractivity (Wildman–Crippen MR) is 121 cm³/mol. The number of hydrogen-bond donors (Lipinski definition) is 1. The van der Waals surface area contributed by atoms with Gasteiger partial charge in [-0.25, -0.2) is 4.79 Å². The lowest BCUT2D eigenvalue weighted by molar-refractivity contribution is 0.139. The Kier molecular flexibility index (Phi) is 5.37. The Morgan fingerprint density at radius 3 is 2.74 bits per heavy atom. The van der Waals surface area contributed by atoms with Crippen molar-refractivity contribution in [3.8, 4) is 5.75 Å². The number of aromatic nitrogens is 1. The highest BCUT2D eigenvalue weighted by atomic mass is 16.5. The van der Waals surface area contributed by atoms with Crippen LogP contribution in [0, 0.1) is 5.92 Å². The van der Waals surface area contributed by atoms with Crippen molar-refractivity contribution >= 4 is 22.7 Å². The summed E-state index contributed by atoms with van der Waals surface area (Å²) in [6.45, 7) is 3.74. The second kappa shape index (κ2) is 8.46. The topological polar surface area (TPSA) is 65.9 Å². The molecule has 1 aromatic heterocycles. The van der Waals surface area contributed by atoms with Crippen LogP contribution in [0.1, 0.15) is 24.0 Å². The van der Waals surface area contributed by atoms with Gasteiger partial charge >= 0.3 is 6.09 Å². The predicted octanol–water partition coefficient (Wildman–Crippen LogP) is 4.57. The van der Waals surface area contributed by atoms with Crippen LogP contribution in [0.25, 0.3) is 10.9 Å². The SMILES string of the molecule is O=C(O)N1CCc2ccc(OCC3CCN(c4ccnc5ccccc45)CC3)cc2C1. The minimum Gasteiger partial charge on any atom is -0.493 e. The molecule has 6 nitrogen and oxygen atoms in total. The zero-order chi connectivity index (χ0) is 21.2. The molecule has 2 aliphatic heterocycles. The summed E-state index contributed by atoms with van der Waals surface area (Å²) in [7, 11) is 0. The van der Waals surface area contributed by atoms with Gasteiger partial charge in [0.2, 0.25) is 0 Å². The van der Waals surface area contributed by atoms with Crippen LogP contribution >= 0.6 is 0 Å². The maximum atomic E-state index is 11.3. The molecule has 2 aromatic carbocycles. The lowest BCUT2D eigenvalue weighted by Crippen LogP contribution is -2.35. The molecule has 0 saturated carbocycles. The Morgan fingerprint density at radius 1 is 1.06 bits per heavy atom. The summed E-state index contributed by atoms with van der Waals surface area (Å²) in [6.07, 6.45) is 3.99. The van der Waals surface area contributed by atoms with Gasteiger partial charge in [-0.3, -0.25) is 4.98 Å². The highest BCUT2D eigenvalue weighted by molar-refractivity contribution is 5.91. The molecule has 0 atom stereocenters. The molecule has 0 radical (unpaired) electrons. The quantitative estimate of drug-likeness (QED) is 0.674. The van der Waals surface area contributed by atoms with Crippen molar-refractivity contribution in [1.82, 2.24) is 9.88 Å². The molecule has 2 aliphatic rings. The van der Waals surface area contributed by atoms with Gasteiger partial charge in [0.1, 0.15) is 5.75 Å². The van der Waals surface area contributed by atoms with E-state index in [0.717, 1.165) is 49.2 Å². The Hall–Kier alpha value is -3.28. The molecule has 0 spiro atoms. The first kappa shape index (κ1) is 19.7. The van der Waals surface area contributed by atoms with E-state index in [2.05, 4.69) is 40.2 Å². The van der Waals surface area contributed by atoms with E-state index in [9.17, 15) is 9.90 Å². The number of carboxylic acid groups (broad SMARTS) is 1. The van der Waals surface area contributed by atoms with Crippen LogP contribution in [-0.4, -0.2) is 47.3 Å². The molecule has 160 valence electrons. The van der Waals surface area contributed by atoms with Gasteiger partial charge in [-0.05, 0) is 60.6 Å². The number of hydrogen-bond acceptors (Lipinski definition) is 4. The molecular formula is C25H27N3O3. The fraction of sp³-hybridized carbons (Fsp3) is 0.360. The summed E-state index contributed by atoms with van der Waals surface area (Å²) in [5.41, 5.74) is 4.59. The summed E-state index contributed by atoms with van der Waals surface area (Å²) < 4.78 is 6.12. The molecule has 0 unspecified atom stereocenters. The second-order valence-corrected chi connectivity index (χ2v) is 8.47. The van der Waals surface area contributed by atoms with Crippen LogP contribution < -0.4 is 9.64 Å². The van der Waals surface area contributed by atoms with E-state index in [4.69, 9.17) is 4.74 Å². The van der Waals surface area contributed by atoms with Gasteiger partial charge in [0, 0.05) is 43.4 Å². The molecule has 1 fully saturated rings. The van der Waals surface area contributed by atoms with Crippen molar-refractivity contribution in [1.29, 1.82) is 0 Å². The lowest BCUT2D eigenvalue weighted by atomic mass is 9.96. The van der Waals surface area contributed by atoms with E-state index in [-0.39, 0.29) is 0 Å². The smallest absolute Gasteiger partial charge is 0.407 e. The molecule has 5 rings (SSSR count). The van der Waals surface area contributed by atoms with E-state index in [1.165, 1.54) is 21.5 Å². The minimum absolute atomic E-state index is 0.445. The van der Waals surface area contributed by atoms with E-state index in [0.29, 0.717) is 25.6 Å². The van der Waals surface area contributed by atoms with Crippen LogP contribution in [0.15, 0.2) is 54.7 Å². The zero-order valence-electron chi connectivity index (χ0n) is 17.5. The molecule has 31 heavy (non-hydrogen) atoms. The average molecular weight is 418 g/mol. The number of benzene rings is 2. The van der Waals surface area contributed by atoms with Crippen LogP contribution in [-0.2, 0) is 13.0 Å². The van der Waals surface area contributed by atoms with E-state index in [1.54, 1.807) is 0 Å². The second-order valence-electron chi connectivity index (χ2n) is 8.47.